The Morgan fingerprint density at radius 1 is 1.50 bits per heavy atom. The third kappa shape index (κ3) is 3.41. The molecule has 0 aliphatic carbocycles. The summed E-state index contributed by atoms with van der Waals surface area (Å²) in [5.74, 6) is -0.294. The Hall–Kier alpha value is -1.77. The van der Waals surface area contributed by atoms with E-state index < -0.39 is 0 Å². The number of hydrogen-bond donors (Lipinski definition) is 1. The van der Waals surface area contributed by atoms with Gasteiger partial charge in [-0.05, 0) is 31.5 Å². The lowest BCUT2D eigenvalue weighted by Gasteiger charge is -2.11. The first kappa shape index (κ1) is 14.6. The van der Waals surface area contributed by atoms with E-state index in [1.54, 1.807) is 17.4 Å². The maximum Gasteiger partial charge on any atom is 0.127 e. The van der Waals surface area contributed by atoms with Gasteiger partial charge < -0.3 is 5.32 Å². The van der Waals surface area contributed by atoms with E-state index in [4.69, 9.17) is 5.26 Å². The Morgan fingerprint density at radius 3 is 2.95 bits per heavy atom. The van der Waals surface area contributed by atoms with Gasteiger partial charge in [0.25, 0.3) is 0 Å². The second-order valence-electron chi connectivity index (χ2n) is 4.54. The molecule has 1 atom stereocenters. The van der Waals surface area contributed by atoms with Crippen LogP contribution >= 0.6 is 11.3 Å². The predicted molar refractivity (Wildman–Crippen MR) is 77.9 cm³/mol. The minimum atomic E-state index is -0.294. The van der Waals surface area contributed by atoms with Crippen molar-refractivity contribution in [2.45, 2.75) is 32.9 Å². The van der Waals surface area contributed by atoms with E-state index in [1.165, 1.54) is 17.0 Å². The molecular weight excluding hydrogens is 273 g/mol. The van der Waals surface area contributed by atoms with Crippen molar-refractivity contribution in [1.29, 1.82) is 5.26 Å². The molecule has 3 nitrogen and oxygen atoms in total. The summed E-state index contributed by atoms with van der Waals surface area (Å²) in [5, 5.41) is 13.1. The molecule has 0 bridgehead atoms. The molecule has 5 heteroatoms. The van der Waals surface area contributed by atoms with Crippen LogP contribution in [0.2, 0.25) is 0 Å². The van der Waals surface area contributed by atoms with Crippen molar-refractivity contribution >= 4 is 11.3 Å². The van der Waals surface area contributed by atoms with Gasteiger partial charge in [-0.2, -0.15) is 5.26 Å². The summed E-state index contributed by atoms with van der Waals surface area (Å²) in [6.45, 7) is 4.48. The first-order valence-corrected chi connectivity index (χ1v) is 7.32. The summed E-state index contributed by atoms with van der Waals surface area (Å²) < 4.78 is 13.7. The quantitative estimate of drug-likeness (QED) is 0.915. The topological polar surface area (TPSA) is 48.7 Å². The standard InChI is InChI=1S/C15H16FN3S/c1-3-13-9-19-15(20-13)10(2)18-8-12-6-11(7-17)4-5-14(12)16/h4-6,9-10,18H,3,8H2,1-2H3. The molecule has 0 saturated heterocycles. The zero-order valence-electron chi connectivity index (χ0n) is 11.5. The number of benzene rings is 1. The van der Waals surface area contributed by atoms with Crippen LogP contribution in [0, 0.1) is 17.1 Å². The molecule has 20 heavy (non-hydrogen) atoms. The fraction of sp³-hybridized carbons (Fsp3) is 0.333. The number of aryl methyl sites for hydroxylation is 1. The Bertz CT molecular complexity index is 630. The summed E-state index contributed by atoms with van der Waals surface area (Å²) in [6.07, 6.45) is 2.86. The molecule has 104 valence electrons. The van der Waals surface area contributed by atoms with Crippen LogP contribution in [-0.4, -0.2) is 4.98 Å². The summed E-state index contributed by atoms with van der Waals surface area (Å²) in [4.78, 5) is 5.61. The van der Waals surface area contributed by atoms with E-state index in [0.29, 0.717) is 17.7 Å². The van der Waals surface area contributed by atoms with Gasteiger partial charge in [-0.1, -0.05) is 6.92 Å². The van der Waals surface area contributed by atoms with Gasteiger partial charge in [0.05, 0.1) is 17.7 Å². The van der Waals surface area contributed by atoms with E-state index in [1.807, 2.05) is 19.2 Å². The summed E-state index contributed by atoms with van der Waals surface area (Å²) in [6, 6.07) is 6.47. The Kier molecular flexibility index (Phi) is 4.83. The van der Waals surface area contributed by atoms with Crippen LogP contribution in [0.25, 0.3) is 0 Å². The van der Waals surface area contributed by atoms with E-state index in [2.05, 4.69) is 17.2 Å². The number of nitrogens with zero attached hydrogens (tertiary/aromatic N) is 2. The van der Waals surface area contributed by atoms with Crippen LogP contribution in [0.1, 0.15) is 40.9 Å². The number of nitriles is 1. The first-order valence-electron chi connectivity index (χ1n) is 6.50. The normalized spacial score (nSPS) is 12.1. The molecule has 2 rings (SSSR count). The first-order chi connectivity index (χ1) is 9.63. The highest BCUT2D eigenvalue weighted by atomic mass is 32.1. The lowest BCUT2D eigenvalue weighted by Crippen LogP contribution is -2.18. The molecule has 2 aromatic rings. The molecule has 1 aromatic carbocycles. The molecule has 1 unspecified atom stereocenters. The zero-order chi connectivity index (χ0) is 14.5. The van der Waals surface area contributed by atoms with Gasteiger partial charge in [-0.15, -0.1) is 11.3 Å². The van der Waals surface area contributed by atoms with Crippen LogP contribution < -0.4 is 5.32 Å². The van der Waals surface area contributed by atoms with Crippen molar-refractivity contribution in [2.24, 2.45) is 0 Å². The van der Waals surface area contributed by atoms with Gasteiger partial charge in [-0.3, -0.25) is 0 Å². The highest BCUT2D eigenvalue weighted by Crippen LogP contribution is 2.21. The van der Waals surface area contributed by atoms with Crippen molar-refractivity contribution in [3.8, 4) is 6.07 Å². The van der Waals surface area contributed by atoms with E-state index >= 15 is 0 Å². The fourth-order valence-electron chi connectivity index (χ4n) is 1.82. The molecule has 0 amide bonds. The molecule has 1 N–H and O–H groups in total. The third-order valence-electron chi connectivity index (χ3n) is 3.06. The Labute approximate surface area is 122 Å². The summed E-state index contributed by atoms with van der Waals surface area (Å²) >= 11 is 1.67. The average Bonchev–Trinajstić information content (AvgIpc) is 2.95. The number of thiazole rings is 1. The van der Waals surface area contributed by atoms with Crippen LogP contribution in [0.3, 0.4) is 0 Å². The van der Waals surface area contributed by atoms with Crippen molar-refractivity contribution in [3.63, 3.8) is 0 Å². The summed E-state index contributed by atoms with van der Waals surface area (Å²) in [7, 11) is 0. The molecule has 0 radical (unpaired) electrons. The second-order valence-corrected chi connectivity index (χ2v) is 5.69. The molecule has 1 aromatic heterocycles. The monoisotopic (exact) mass is 289 g/mol. The number of aromatic nitrogens is 1. The van der Waals surface area contributed by atoms with Crippen molar-refractivity contribution in [2.75, 3.05) is 0 Å². The lowest BCUT2D eigenvalue weighted by atomic mass is 10.1. The van der Waals surface area contributed by atoms with Crippen molar-refractivity contribution in [3.05, 3.63) is 51.2 Å². The van der Waals surface area contributed by atoms with Crippen molar-refractivity contribution in [1.82, 2.24) is 10.3 Å². The smallest absolute Gasteiger partial charge is 0.127 e. The summed E-state index contributed by atoms with van der Waals surface area (Å²) in [5.41, 5.74) is 0.974. The van der Waals surface area contributed by atoms with Crippen LogP contribution in [0.5, 0.6) is 0 Å². The molecule has 0 fully saturated rings. The van der Waals surface area contributed by atoms with Crippen LogP contribution in [0.4, 0.5) is 4.39 Å². The molecule has 0 aliphatic heterocycles. The van der Waals surface area contributed by atoms with Crippen LogP contribution in [-0.2, 0) is 13.0 Å². The molecule has 0 spiro atoms. The maximum atomic E-state index is 13.7. The average molecular weight is 289 g/mol. The molecule has 1 heterocycles. The Morgan fingerprint density at radius 2 is 2.30 bits per heavy atom. The third-order valence-corrected chi connectivity index (χ3v) is 4.39. The number of nitrogens with one attached hydrogen (secondary N) is 1. The minimum Gasteiger partial charge on any atom is -0.304 e. The van der Waals surface area contributed by atoms with E-state index in [9.17, 15) is 4.39 Å². The number of hydrogen-bond acceptors (Lipinski definition) is 4. The van der Waals surface area contributed by atoms with Gasteiger partial charge in [0, 0.05) is 23.2 Å². The second kappa shape index (κ2) is 6.60. The molecule has 0 saturated carbocycles. The minimum absolute atomic E-state index is 0.0606. The van der Waals surface area contributed by atoms with E-state index in [0.717, 1.165) is 11.4 Å². The highest BCUT2D eigenvalue weighted by molar-refractivity contribution is 7.11. The zero-order valence-corrected chi connectivity index (χ0v) is 12.3. The van der Waals surface area contributed by atoms with Gasteiger partial charge in [0.1, 0.15) is 10.8 Å². The highest BCUT2D eigenvalue weighted by Gasteiger charge is 2.11. The number of rotatable bonds is 5. The van der Waals surface area contributed by atoms with Gasteiger partial charge >= 0.3 is 0 Å². The SMILES string of the molecule is CCc1cnc(C(C)NCc2cc(C#N)ccc2F)s1. The van der Waals surface area contributed by atoms with Gasteiger partial charge in [0.15, 0.2) is 0 Å². The Balaban J connectivity index is 2.03. The van der Waals surface area contributed by atoms with Gasteiger partial charge in [0.2, 0.25) is 0 Å². The van der Waals surface area contributed by atoms with Gasteiger partial charge in [-0.25, -0.2) is 9.37 Å². The molecule has 0 aliphatic rings. The van der Waals surface area contributed by atoms with E-state index in [-0.39, 0.29) is 11.9 Å². The largest absolute Gasteiger partial charge is 0.304 e. The fourth-order valence-corrected chi connectivity index (χ4v) is 2.70. The lowest BCUT2D eigenvalue weighted by molar-refractivity contribution is 0.542. The maximum absolute atomic E-state index is 13.7. The number of halogens is 1. The predicted octanol–water partition coefficient (Wildman–Crippen LogP) is 3.57. The van der Waals surface area contributed by atoms with Crippen LogP contribution in [0.15, 0.2) is 24.4 Å². The van der Waals surface area contributed by atoms with Crippen molar-refractivity contribution < 1.29 is 4.39 Å². The molecular formula is C15H16FN3S.